The largest absolute Gasteiger partial charge is 0.522 e. The standard InChI is InChI=1S/C27H31F4N7O/c1-15-34-24-22(28)11-16(12-23(24)38(15)18-7-9-37(2)10-8-18)20-13-32-25-21(20)14-33-26(36-25)35-17-3-5-19(6-4-17)39-27(29,30)31/h11-14,17-19H,3-10H2,1-2H3,(H2,32,33,35,36)/t17-,19+. The van der Waals surface area contributed by atoms with Gasteiger partial charge in [-0.05, 0) is 83.3 Å². The lowest BCUT2D eigenvalue weighted by molar-refractivity contribution is -0.345. The molecule has 3 aromatic heterocycles. The minimum absolute atomic E-state index is 0.0374. The molecule has 39 heavy (non-hydrogen) atoms. The van der Waals surface area contributed by atoms with Crippen molar-refractivity contribution in [3.8, 4) is 11.1 Å². The number of rotatable bonds is 5. The number of aromatic amines is 1. The van der Waals surface area contributed by atoms with E-state index in [0.717, 1.165) is 48.2 Å². The minimum Gasteiger partial charge on any atom is -0.351 e. The van der Waals surface area contributed by atoms with E-state index in [1.54, 1.807) is 12.4 Å². The summed E-state index contributed by atoms with van der Waals surface area (Å²) in [6.07, 6.45) is 1.73. The number of benzene rings is 1. The molecule has 0 atom stereocenters. The van der Waals surface area contributed by atoms with Crippen molar-refractivity contribution in [3.63, 3.8) is 0 Å². The second kappa shape index (κ2) is 10.1. The Morgan fingerprint density at radius 2 is 1.79 bits per heavy atom. The van der Waals surface area contributed by atoms with Crippen LogP contribution in [0.15, 0.2) is 24.5 Å². The second-order valence-electron chi connectivity index (χ2n) is 10.7. The van der Waals surface area contributed by atoms with Gasteiger partial charge in [0.1, 0.15) is 17.0 Å². The molecule has 1 aromatic carbocycles. The number of nitrogens with one attached hydrogen (secondary N) is 2. The summed E-state index contributed by atoms with van der Waals surface area (Å²) in [5, 5.41) is 3.99. The number of hydrogen-bond acceptors (Lipinski definition) is 6. The Hall–Kier alpha value is -3.25. The van der Waals surface area contributed by atoms with Gasteiger partial charge in [-0.15, -0.1) is 13.2 Å². The number of alkyl halides is 3. The molecule has 0 amide bonds. The molecule has 2 aliphatic rings. The van der Waals surface area contributed by atoms with Gasteiger partial charge in [-0.1, -0.05) is 0 Å². The Balaban J connectivity index is 1.23. The molecule has 1 saturated heterocycles. The predicted octanol–water partition coefficient (Wildman–Crippen LogP) is 5.95. The molecule has 1 saturated carbocycles. The summed E-state index contributed by atoms with van der Waals surface area (Å²) in [6.45, 7) is 3.91. The molecule has 0 bridgehead atoms. The summed E-state index contributed by atoms with van der Waals surface area (Å²) in [7, 11) is 2.12. The average Bonchev–Trinajstić information content (AvgIpc) is 3.45. The summed E-state index contributed by atoms with van der Waals surface area (Å²) in [6, 6.07) is 3.73. The first-order valence-corrected chi connectivity index (χ1v) is 13.4. The predicted molar refractivity (Wildman–Crippen MR) is 140 cm³/mol. The molecule has 0 unspecified atom stereocenters. The zero-order chi connectivity index (χ0) is 27.3. The first-order chi connectivity index (χ1) is 18.6. The molecule has 12 heteroatoms. The van der Waals surface area contributed by atoms with Gasteiger partial charge in [0.05, 0.1) is 11.6 Å². The van der Waals surface area contributed by atoms with Crippen LogP contribution in [0.25, 0.3) is 33.2 Å². The Kier molecular flexibility index (Phi) is 6.70. The Bertz CT molecular complexity index is 1480. The molecule has 4 aromatic rings. The van der Waals surface area contributed by atoms with Crippen LogP contribution in [0, 0.1) is 12.7 Å². The van der Waals surface area contributed by atoms with Crippen LogP contribution >= 0.6 is 0 Å². The van der Waals surface area contributed by atoms with E-state index in [4.69, 9.17) is 0 Å². The fraction of sp³-hybridized carbons (Fsp3) is 0.519. The molecule has 6 rings (SSSR count). The van der Waals surface area contributed by atoms with E-state index in [9.17, 15) is 13.2 Å². The number of likely N-dealkylation sites (tertiary alicyclic amines) is 1. The van der Waals surface area contributed by atoms with Crippen molar-refractivity contribution in [2.45, 2.75) is 70.0 Å². The van der Waals surface area contributed by atoms with Crippen molar-refractivity contribution in [1.82, 2.24) is 29.4 Å². The van der Waals surface area contributed by atoms with Crippen LogP contribution in [0.2, 0.25) is 0 Å². The molecular formula is C27H31F4N7O. The van der Waals surface area contributed by atoms with Crippen LogP contribution in [-0.4, -0.2) is 68.0 Å². The van der Waals surface area contributed by atoms with Gasteiger partial charge in [0, 0.05) is 35.4 Å². The van der Waals surface area contributed by atoms with E-state index in [-0.39, 0.29) is 17.9 Å². The zero-order valence-corrected chi connectivity index (χ0v) is 21.9. The molecule has 4 heterocycles. The van der Waals surface area contributed by atoms with Crippen LogP contribution in [0.4, 0.5) is 23.5 Å². The Labute approximate surface area is 222 Å². The lowest BCUT2D eigenvalue weighted by atomic mass is 9.93. The van der Waals surface area contributed by atoms with Gasteiger partial charge in [-0.25, -0.2) is 14.4 Å². The number of aromatic nitrogens is 5. The normalized spacial score (nSPS) is 21.7. The third kappa shape index (κ3) is 5.31. The number of hydrogen-bond donors (Lipinski definition) is 2. The van der Waals surface area contributed by atoms with Crippen LogP contribution in [-0.2, 0) is 4.74 Å². The quantitative estimate of drug-likeness (QED) is 0.302. The van der Waals surface area contributed by atoms with Crippen molar-refractivity contribution in [1.29, 1.82) is 0 Å². The van der Waals surface area contributed by atoms with E-state index < -0.39 is 12.5 Å². The topological polar surface area (TPSA) is 83.9 Å². The summed E-state index contributed by atoms with van der Waals surface area (Å²) >= 11 is 0. The highest BCUT2D eigenvalue weighted by molar-refractivity contribution is 5.96. The third-order valence-corrected chi connectivity index (χ3v) is 8.03. The van der Waals surface area contributed by atoms with Gasteiger partial charge in [0.25, 0.3) is 0 Å². The van der Waals surface area contributed by atoms with E-state index in [0.29, 0.717) is 48.4 Å². The lowest BCUT2D eigenvalue weighted by Crippen LogP contribution is -2.33. The maximum absolute atomic E-state index is 15.3. The number of ether oxygens (including phenoxy) is 1. The third-order valence-electron chi connectivity index (χ3n) is 8.03. The number of halogens is 4. The Morgan fingerprint density at radius 1 is 1.05 bits per heavy atom. The van der Waals surface area contributed by atoms with Crippen molar-refractivity contribution < 1.29 is 22.3 Å². The first-order valence-electron chi connectivity index (χ1n) is 13.4. The number of piperidine rings is 1. The number of fused-ring (bicyclic) bond motifs is 2. The molecule has 2 fully saturated rings. The van der Waals surface area contributed by atoms with Crippen LogP contribution in [0.3, 0.4) is 0 Å². The number of nitrogens with zero attached hydrogens (tertiary/aromatic N) is 5. The highest BCUT2D eigenvalue weighted by Gasteiger charge is 2.35. The molecule has 2 N–H and O–H groups in total. The van der Waals surface area contributed by atoms with Crippen molar-refractivity contribution in [2.75, 3.05) is 25.5 Å². The number of H-pyrrole nitrogens is 1. The van der Waals surface area contributed by atoms with E-state index in [2.05, 4.69) is 46.5 Å². The minimum atomic E-state index is -4.61. The monoisotopic (exact) mass is 545 g/mol. The SMILES string of the molecule is Cc1nc2c(F)cc(-c3c[nH]c4nc(N[C@H]5CC[C@@H](OC(F)(F)F)CC5)ncc34)cc2n1C1CCN(C)CC1. The number of aryl methyl sites for hydroxylation is 1. The van der Waals surface area contributed by atoms with Crippen LogP contribution in [0.1, 0.15) is 50.4 Å². The maximum Gasteiger partial charge on any atom is 0.522 e. The summed E-state index contributed by atoms with van der Waals surface area (Å²) in [5.41, 5.74) is 3.27. The fourth-order valence-electron chi connectivity index (χ4n) is 6.05. The number of anilines is 1. The van der Waals surface area contributed by atoms with Crippen molar-refractivity contribution in [3.05, 3.63) is 36.2 Å². The fourth-order valence-corrected chi connectivity index (χ4v) is 6.05. The first kappa shape index (κ1) is 26.0. The van der Waals surface area contributed by atoms with E-state index in [1.165, 1.54) is 6.07 Å². The highest BCUT2D eigenvalue weighted by Crippen LogP contribution is 2.35. The lowest BCUT2D eigenvalue weighted by Gasteiger charge is -2.30. The molecule has 1 aliphatic heterocycles. The van der Waals surface area contributed by atoms with Crippen molar-refractivity contribution in [2.24, 2.45) is 0 Å². The average molecular weight is 546 g/mol. The molecule has 208 valence electrons. The molecule has 0 radical (unpaired) electrons. The smallest absolute Gasteiger partial charge is 0.351 e. The van der Waals surface area contributed by atoms with E-state index >= 15 is 4.39 Å². The van der Waals surface area contributed by atoms with Gasteiger partial charge >= 0.3 is 6.36 Å². The molecule has 0 spiro atoms. The van der Waals surface area contributed by atoms with E-state index in [1.807, 2.05) is 13.0 Å². The Morgan fingerprint density at radius 3 is 2.51 bits per heavy atom. The van der Waals surface area contributed by atoms with Gasteiger partial charge in [0.15, 0.2) is 5.82 Å². The van der Waals surface area contributed by atoms with Crippen LogP contribution < -0.4 is 5.32 Å². The summed E-state index contributed by atoms with van der Waals surface area (Å²) in [4.78, 5) is 19.1. The summed E-state index contributed by atoms with van der Waals surface area (Å²) < 4.78 is 59.1. The second-order valence-corrected chi connectivity index (χ2v) is 10.7. The van der Waals surface area contributed by atoms with Crippen molar-refractivity contribution >= 4 is 28.0 Å². The maximum atomic E-state index is 15.3. The van der Waals surface area contributed by atoms with Gasteiger partial charge in [-0.3, -0.25) is 4.74 Å². The van der Waals surface area contributed by atoms with Crippen LogP contribution in [0.5, 0.6) is 0 Å². The molecule has 8 nitrogen and oxygen atoms in total. The number of imidazole rings is 1. The van der Waals surface area contributed by atoms with Gasteiger partial charge in [0.2, 0.25) is 5.95 Å². The highest BCUT2D eigenvalue weighted by atomic mass is 19.4. The van der Waals surface area contributed by atoms with Gasteiger partial charge in [-0.2, -0.15) is 4.98 Å². The summed E-state index contributed by atoms with van der Waals surface area (Å²) in [5.74, 6) is 0.845. The molecular weight excluding hydrogens is 514 g/mol. The molecule has 1 aliphatic carbocycles. The zero-order valence-electron chi connectivity index (χ0n) is 21.9. The van der Waals surface area contributed by atoms with Gasteiger partial charge < -0.3 is 19.8 Å².